The largest absolute Gasteiger partial charge is 0.252 e. The third-order valence-corrected chi connectivity index (χ3v) is 7.11. The molecule has 2 nitrogen and oxygen atoms in total. The molecule has 1 saturated carbocycles. The first-order valence-corrected chi connectivity index (χ1v) is 8.87. The van der Waals surface area contributed by atoms with Crippen molar-refractivity contribution < 1.29 is 4.21 Å². The monoisotopic (exact) mass is 269 g/mol. The maximum absolute atomic E-state index is 12.9. The topological polar surface area (TPSA) is 20.3 Å². The van der Waals surface area contributed by atoms with Crippen molar-refractivity contribution in [1.29, 1.82) is 0 Å². The Morgan fingerprint density at radius 3 is 2.39 bits per heavy atom. The molecule has 2 rings (SSSR count). The molecule has 0 aromatic carbocycles. The minimum Gasteiger partial charge on any atom is -0.252 e. The Morgan fingerprint density at radius 2 is 1.94 bits per heavy atom. The summed E-state index contributed by atoms with van der Waals surface area (Å²) >= 11 is 0. The summed E-state index contributed by atoms with van der Waals surface area (Å²) in [6.45, 7) is 8.51. The molecule has 3 heteroatoms. The molecule has 1 fully saturated rings. The molecule has 1 aliphatic carbocycles. The highest BCUT2D eigenvalue weighted by Crippen LogP contribution is 2.33. The van der Waals surface area contributed by atoms with E-state index in [0.29, 0.717) is 5.25 Å². The van der Waals surface area contributed by atoms with Gasteiger partial charge in [-0.3, -0.25) is 4.21 Å². The van der Waals surface area contributed by atoms with Gasteiger partial charge in [-0.05, 0) is 30.5 Å². The van der Waals surface area contributed by atoms with Crippen LogP contribution in [0.25, 0.3) is 0 Å². The highest BCUT2D eigenvalue weighted by Gasteiger charge is 2.31. The van der Waals surface area contributed by atoms with Crippen LogP contribution in [0, 0.1) is 5.41 Å². The second-order valence-corrected chi connectivity index (χ2v) is 9.28. The van der Waals surface area contributed by atoms with Crippen molar-refractivity contribution in [2.75, 3.05) is 13.1 Å². The van der Waals surface area contributed by atoms with E-state index in [1.807, 2.05) is 0 Å². The van der Waals surface area contributed by atoms with Crippen LogP contribution in [0.1, 0.15) is 52.9 Å². The van der Waals surface area contributed by atoms with Crippen molar-refractivity contribution >= 4 is 15.6 Å². The van der Waals surface area contributed by atoms with Crippen LogP contribution in [0.4, 0.5) is 0 Å². The molecule has 1 heterocycles. The number of hydrogen-bond acceptors (Lipinski definition) is 1. The van der Waals surface area contributed by atoms with Gasteiger partial charge in [-0.25, -0.2) is 4.31 Å². The summed E-state index contributed by atoms with van der Waals surface area (Å²) in [6, 6.07) is 0. The van der Waals surface area contributed by atoms with E-state index >= 15 is 0 Å². The average molecular weight is 269 g/mol. The van der Waals surface area contributed by atoms with Gasteiger partial charge in [0.1, 0.15) is 0 Å². The Kier molecular flexibility index (Phi) is 3.93. The molecular weight excluding hydrogens is 242 g/mol. The molecule has 0 aromatic heterocycles. The lowest BCUT2D eigenvalue weighted by molar-refractivity contribution is 0.403. The van der Waals surface area contributed by atoms with Crippen molar-refractivity contribution in [3.05, 3.63) is 11.6 Å². The summed E-state index contributed by atoms with van der Waals surface area (Å²) in [5.74, 6) is 4.09. The van der Waals surface area contributed by atoms with Crippen LogP contribution in [0.3, 0.4) is 0 Å². The van der Waals surface area contributed by atoms with Gasteiger partial charge in [0.15, 0.2) is 0 Å². The van der Waals surface area contributed by atoms with Gasteiger partial charge in [-0.2, -0.15) is 0 Å². The van der Waals surface area contributed by atoms with Gasteiger partial charge in [0.25, 0.3) is 0 Å². The Bertz CT molecular complexity index is 422. The molecule has 0 saturated heterocycles. The smallest absolute Gasteiger partial charge is 0.0404 e. The van der Waals surface area contributed by atoms with Gasteiger partial charge in [0.05, 0.1) is 0 Å². The van der Waals surface area contributed by atoms with E-state index in [-0.39, 0.29) is 5.41 Å². The molecule has 0 amide bonds. The minimum absolute atomic E-state index is 0.251. The maximum Gasteiger partial charge on any atom is 0.0404 e. The van der Waals surface area contributed by atoms with E-state index in [4.69, 9.17) is 0 Å². The molecule has 0 radical (unpaired) electrons. The van der Waals surface area contributed by atoms with E-state index in [1.165, 1.54) is 18.4 Å². The SMILES string of the molecule is C=S(=O)(C1CCCC1)N1CC=C(C(C)(C)C)CC1. The Labute approximate surface area is 113 Å². The van der Waals surface area contributed by atoms with E-state index in [2.05, 4.69) is 37.0 Å². The Balaban J connectivity index is 2.07. The molecular formula is C15H27NOS. The van der Waals surface area contributed by atoms with Gasteiger partial charge >= 0.3 is 0 Å². The zero-order chi connectivity index (χ0) is 13.4. The van der Waals surface area contributed by atoms with Crippen LogP contribution < -0.4 is 0 Å². The van der Waals surface area contributed by atoms with Crippen molar-refractivity contribution in [3.63, 3.8) is 0 Å². The molecule has 104 valence electrons. The van der Waals surface area contributed by atoms with Gasteiger partial charge in [-0.1, -0.05) is 45.3 Å². The number of rotatable bonds is 2. The fourth-order valence-electron chi connectivity index (χ4n) is 3.08. The highest BCUT2D eigenvalue weighted by atomic mass is 32.2. The first-order valence-electron chi connectivity index (χ1n) is 7.12. The fourth-order valence-corrected chi connectivity index (χ4v) is 5.30. The molecule has 1 aliphatic heterocycles. The van der Waals surface area contributed by atoms with Crippen molar-refractivity contribution in [3.8, 4) is 0 Å². The van der Waals surface area contributed by atoms with Crippen LogP contribution in [-0.2, 0) is 9.71 Å². The van der Waals surface area contributed by atoms with Gasteiger partial charge in [0, 0.05) is 28.0 Å². The summed E-state index contributed by atoms with van der Waals surface area (Å²) in [5.41, 5.74) is 1.75. The van der Waals surface area contributed by atoms with Crippen LogP contribution >= 0.6 is 0 Å². The van der Waals surface area contributed by atoms with E-state index in [1.54, 1.807) is 0 Å². The highest BCUT2D eigenvalue weighted by molar-refractivity contribution is 7.98. The average Bonchev–Trinajstić information content (AvgIpc) is 2.82. The minimum atomic E-state index is -2.04. The standard InChI is InChI=1S/C15H27NOS/c1-15(2,3)13-9-11-16(12-10-13)18(4,17)14-7-5-6-8-14/h9,14H,4-8,10-12H2,1-3H3. The van der Waals surface area contributed by atoms with Gasteiger partial charge in [-0.15, -0.1) is 0 Å². The summed E-state index contributed by atoms with van der Waals surface area (Å²) in [4.78, 5) is 0. The molecule has 0 aromatic rings. The Hall–Kier alpha value is -0.280. The van der Waals surface area contributed by atoms with Gasteiger partial charge in [0.2, 0.25) is 0 Å². The van der Waals surface area contributed by atoms with Crippen molar-refractivity contribution in [2.24, 2.45) is 5.41 Å². The predicted molar refractivity (Wildman–Crippen MR) is 81.2 cm³/mol. The molecule has 18 heavy (non-hydrogen) atoms. The second-order valence-electron chi connectivity index (χ2n) is 6.71. The first kappa shape index (κ1) is 14.1. The lowest BCUT2D eigenvalue weighted by atomic mass is 9.83. The zero-order valence-corrected chi connectivity index (χ0v) is 12.9. The molecule has 1 unspecified atom stereocenters. The van der Waals surface area contributed by atoms with Gasteiger partial charge < -0.3 is 0 Å². The zero-order valence-electron chi connectivity index (χ0n) is 12.1. The third-order valence-electron chi connectivity index (χ3n) is 4.40. The summed E-state index contributed by atoms with van der Waals surface area (Å²) in [6.07, 6.45) is 8.00. The lowest BCUT2D eigenvalue weighted by Gasteiger charge is -2.35. The molecule has 0 bridgehead atoms. The molecule has 0 spiro atoms. The van der Waals surface area contributed by atoms with Crippen molar-refractivity contribution in [1.82, 2.24) is 4.31 Å². The quantitative estimate of drug-likeness (QED) is 0.557. The van der Waals surface area contributed by atoms with E-state index < -0.39 is 9.71 Å². The summed E-state index contributed by atoms with van der Waals surface area (Å²) in [7, 11) is -2.04. The van der Waals surface area contributed by atoms with Crippen LogP contribution in [0.5, 0.6) is 0 Å². The third kappa shape index (κ3) is 2.83. The number of hydrogen-bond donors (Lipinski definition) is 0. The van der Waals surface area contributed by atoms with Crippen LogP contribution in [-0.4, -0.2) is 32.7 Å². The lowest BCUT2D eigenvalue weighted by Crippen LogP contribution is -2.41. The van der Waals surface area contributed by atoms with Crippen LogP contribution in [0.2, 0.25) is 0 Å². The first-order chi connectivity index (χ1) is 8.32. The summed E-state index contributed by atoms with van der Waals surface area (Å²) < 4.78 is 15.0. The summed E-state index contributed by atoms with van der Waals surface area (Å²) in [5, 5.41) is 0.335. The van der Waals surface area contributed by atoms with E-state index in [0.717, 1.165) is 32.4 Å². The van der Waals surface area contributed by atoms with Crippen molar-refractivity contribution in [2.45, 2.75) is 58.1 Å². The Morgan fingerprint density at radius 1 is 1.33 bits per heavy atom. The molecule has 2 aliphatic rings. The fraction of sp³-hybridized carbons (Fsp3) is 0.800. The van der Waals surface area contributed by atoms with Crippen LogP contribution in [0.15, 0.2) is 11.6 Å². The molecule has 1 atom stereocenters. The predicted octanol–water partition coefficient (Wildman–Crippen LogP) is 3.24. The van der Waals surface area contributed by atoms with E-state index in [9.17, 15) is 4.21 Å². The maximum atomic E-state index is 12.9. The second kappa shape index (κ2) is 5.01. The number of nitrogens with zero attached hydrogens (tertiary/aromatic N) is 1. The molecule has 0 N–H and O–H groups in total. The normalized spacial score (nSPS) is 26.9.